The van der Waals surface area contributed by atoms with Gasteiger partial charge in [-0.25, -0.2) is 0 Å². The third kappa shape index (κ3) is 2.78. The van der Waals surface area contributed by atoms with Crippen LogP contribution in [0.5, 0.6) is 0 Å². The topological polar surface area (TPSA) is 15.3 Å². The van der Waals surface area contributed by atoms with Crippen LogP contribution in [-0.4, -0.2) is 36.6 Å². The second-order valence-electron chi connectivity index (χ2n) is 6.03. The lowest BCUT2D eigenvalue weighted by atomic mass is 9.82. The molecular weight excluding hydrogens is 196 g/mol. The van der Waals surface area contributed by atoms with Crippen LogP contribution >= 0.6 is 0 Å². The van der Waals surface area contributed by atoms with E-state index < -0.39 is 0 Å². The number of hydrogen-bond acceptors (Lipinski definition) is 2. The van der Waals surface area contributed by atoms with Crippen LogP contribution in [0.4, 0.5) is 0 Å². The molecule has 2 atom stereocenters. The first-order valence-corrected chi connectivity index (χ1v) is 7.18. The SMILES string of the molecule is CCNC1CC(C(C)C)CN(C2CCC2)C1. The van der Waals surface area contributed by atoms with Gasteiger partial charge in [0.2, 0.25) is 0 Å². The van der Waals surface area contributed by atoms with E-state index >= 15 is 0 Å². The smallest absolute Gasteiger partial charge is 0.0198 e. The summed E-state index contributed by atoms with van der Waals surface area (Å²) in [6.45, 7) is 10.8. The zero-order valence-corrected chi connectivity index (χ0v) is 11.2. The van der Waals surface area contributed by atoms with Crippen molar-refractivity contribution in [1.82, 2.24) is 10.2 Å². The van der Waals surface area contributed by atoms with E-state index in [4.69, 9.17) is 0 Å². The van der Waals surface area contributed by atoms with Gasteiger partial charge >= 0.3 is 0 Å². The molecule has 2 fully saturated rings. The van der Waals surface area contributed by atoms with Gasteiger partial charge in [0.05, 0.1) is 0 Å². The van der Waals surface area contributed by atoms with Gasteiger partial charge in [-0.1, -0.05) is 27.2 Å². The van der Waals surface area contributed by atoms with E-state index in [0.29, 0.717) is 0 Å². The summed E-state index contributed by atoms with van der Waals surface area (Å²) in [5.41, 5.74) is 0. The summed E-state index contributed by atoms with van der Waals surface area (Å²) in [6.07, 6.45) is 5.74. The monoisotopic (exact) mass is 224 g/mol. The van der Waals surface area contributed by atoms with Crippen molar-refractivity contribution in [2.24, 2.45) is 11.8 Å². The molecule has 1 heterocycles. The first-order valence-electron chi connectivity index (χ1n) is 7.18. The Morgan fingerprint density at radius 3 is 2.50 bits per heavy atom. The molecule has 1 N–H and O–H groups in total. The summed E-state index contributed by atoms with van der Waals surface area (Å²) in [5, 5.41) is 3.66. The van der Waals surface area contributed by atoms with Gasteiger partial charge in [-0.05, 0) is 37.6 Å². The van der Waals surface area contributed by atoms with Crippen LogP contribution in [0.3, 0.4) is 0 Å². The quantitative estimate of drug-likeness (QED) is 0.789. The molecule has 2 rings (SSSR count). The number of nitrogens with one attached hydrogen (secondary N) is 1. The second-order valence-corrected chi connectivity index (χ2v) is 6.03. The molecule has 0 aromatic heterocycles. The summed E-state index contributed by atoms with van der Waals surface area (Å²) < 4.78 is 0. The van der Waals surface area contributed by atoms with Crippen molar-refractivity contribution in [3.05, 3.63) is 0 Å². The summed E-state index contributed by atoms with van der Waals surface area (Å²) in [6, 6.07) is 1.66. The minimum Gasteiger partial charge on any atom is -0.313 e. The molecule has 2 heteroatoms. The molecule has 2 unspecified atom stereocenters. The Morgan fingerprint density at radius 2 is 2.00 bits per heavy atom. The molecule has 0 spiro atoms. The lowest BCUT2D eigenvalue weighted by molar-refractivity contribution is 0.0456. The van der Waals surface area contributed by atoms with Crippen molar-refractivity contribution >= 4 is 0 Å². The highest BCUT2D eigenvalue weighted by atomic mass is 15.2. The van der Waals surface area contributed by atoms with Gasteiger partial charge in [-0.2, -0.15) is 0 Å². The lowest BCUT2D eigenvalue weighted by Gasteiger charge is -2.46. The highest BCUT2D eigenvalue weighted by molar-refractivity contribution is 4.90. The minimum atomic E-state index is 0.742. The maximum atomic E-state index is 3.66. The normalized spacial score (nSPS) is 33.0. The third-order valence-electron chi connectivity index (χ3n) is 4.54. The molecule has 2 nitrogen and oxygen atoms in total. The van der Waals surface area contributed by atoms with Gasteiger partial charge in [-0.15, -0.1) is 0 Å². The third-order valence-corrected chi connectivity index (χ3v) is 4.54. The van der Waals surface area contributed by atoms with E-state index in [1.807, 2.05) is 0 Å². The van der Waals surface area contributed by atoms with E-state index in [9.17, 15) is 0 Å². The maximum Gasteiger partial charge on any atom is 0.0198 e. The van der Waals surface area contributed by atoms with Crippen molar-refractivity contribution in [3.63, 3.8) is 0 Å². The molecule has 0 aromatic carbocycles. The van der Waals surface area contributed by atoms with Crippen LogP contribution in [0.1, 0.15) is 46.5 Å². The summed E-state index contributed by atoms with van der Waals surface area (Å²) >= 11 is 0. The molecule has 1 aliphatic heterocycles. The van der Waals surface area contributed by atoms with Crippen LogP contribution in [0, 0.1) is 11.8 Å². The first kappa shape index (κ1) is 12.4. The maximum absolute atomic E-state index is 3.66. The summed E-state index contributed by atoms with van der Waals surface area (Å²) in [4.78, 5) is 2.77. The predicted molar refractivity (Wildman–Crippen MR) is 69.6 cm³/mol. The Bertz CT molecular complexity index is 211. The molecule has 0 bridgehead atoms. The first-order chi connectivity index (χ1) is 7.70. The van der Waals surface area contributed by atoms with Crippen LogP contribution in [0.15, 0.2) is 0 Å². The zero-order chi connectivity index (χ0) is 11.5. The zero-order valence-electron chi connectivity index (χ0n) is 11.2. The Morgan fingerprint density at radius 1 is 1.25 bits per heavy atom. The van der Waals surface area contributed by atoms with E-state index in [2.05, 4.69) is 31.0 Å². The second kappa shape index (κ2) is 5.50. The summed E-state index contributed by atoms with van der Waals surface area (Å²) in [5.74, 6) is 1.74. The van der Waals surface area contributed by atoms with Gasteiger partial charge in [-0.3, -0.25) is 4.90 Å². The number of nitrogens with zero attached hydrogens (tertiary/aromatic N) is 1. The molecule has 2 aliphatic rings. The van der Waals surface area contributed by atoms with Crippen molar-refractivity contribution in [1.29, 1.82) is 0 Å². The molecular formula is C14H28N2. The molecule has 1 aliphatic carbocycles. The van der Waals surface area contributed by atoms with Crippen LogP contribution < -0.4 is 5.32 Å². The van der Waals surface area contributed by atoms with Gasteiger partial charge in [0.15, 0.2) is 0 Å². The van der Waals surface area contributed by atoms with Crippen molar-refractivity contribution in [2.75, 3.05) is 19.6 Å². The van der Waals surface area contributed by atoms with Crippen LogP contribution in [0.2, 0.25) is 0 Å². The fraction of sp³-hybridized carbons (Fsp3) is 1.00. The number of likely N-dealkylation sites (tertiary alicyclic amines) is 1. The van der Waals surface area contributed by atoms with E-state index in [0.717, 1.165) is 30.5 Å². The number of hydrogen-bond donors (Lipinski definition) is 1. The average Bonchev–Trinajstić information content (AvgIpc) is 2.15. The molecule has 0 aromatic rings. The fourth-order valence-electron chi connectivity index (χ4n) is 3.14. The Hall–Kier alpha value is -0.0800. The lowest BCUT2D eigenvalue weighted by Crippen LogP contribution is -2.55. The molecule has 0 radical (unpaired) electrons. The fourth-order valence-corrected chi connectivity index (χ4v) is 3.14. The Labute approximate surface area is 101 Å². The predicted octanol–water partition coefficient (Wildman–Crippen LogP) is 2.49. The molecule has 94 valence electrons. The minimum absolute atomic E-state index is 0.742. The van der Waals surface area contributed by atoms with E-state index in [1.165, 1.54) is 38.8 Å². The number of rotatable bonds is 4. The molecule has 1 saturated heterocycles. The standard InChI is InChI=1S/C14H28N2/c1-4-15-13-8-12(11(2)3)9-16(10-13)14-6-5-7-14/h11-15H,4-10H2,1-3H3. The van der Waals surface area contributed by atoms with E-state index in [-0.39, 0.29) is 0 Å². The van der Waals surface area contributed by atoms with Crippen molar-refractivity contribution in [2.45, 2.75) is 58.5 Å². The van der Waals surface area contributed by atoms with Crippen LogP contribution in [-0.2, 0) is 0 Å². The van der Waals surface area contributed by atoms with Crippen LogP contribution in [0.25, 0.3) is 0 Å². The van der Waals surface area contributed by atoms with Gasteiger partial charge in [0.25, 0.3) is 0 Å². The van der Waals surface area contributed by atoms with Gasteiger partial charge in [0.1, 0.15) is 0 Å². The molecule has 16 heavy (non-hydrogen) atoms. The van der Waals surface area contributed by atoms with Gasteiger partial charge < -0.3 is 5.32 Å². The number of likely N-dealkylation sites (N-methyl/N-ethyl adjacent to an activating group) is 1. The van der Waals surface area contributed by atoms with E-state index in [1.54, 1.807) is 0 Å². The van der Waals surface area contributed by atoms with Crippen molar-refractivity contribution in [3.8, 4) is 0 Å². The molecule has 1 saturated carbocycles. The highest BCUT2D eigenvalue weighted by Gasteiger charge is 2.34. The van der Waals surface area contributed by atoms with Gasteiger partial charge in [0, 0.05) is 25.2 Å². The van der Waals surface area contributed by atoms with Crippen molar-refractivity contribution < 1.29 is 0 Å². The Kier molecular flexibility index (Phi) is 4.26. The summed E-state index contributed by atoms with van der Waals surface area (Å²) in [7, 11) is 0. The molecule has 0 amide bonds. The highest BCUT2D eigenvalue weighted by Crippen LogP contribution is 2.31. The number of piperidine rings is 1. The Balaban J connectivity index is 1.92. The average molecular weight is 224 g/mol. The largest absolute Gasteiger partial charge is 0.313 e.